The molecule has 2 saturated carbocycles. The van der Waals surface area contributed by atoms with Gasteiger partial charge in [-0.25, -0.2) is 0 Å². The molecule has 2 saturated heterocycles. The standard InChI is InChI=1S/C76H90N8O8/c1-5-49(2)70(86)82-69(58-34-22-11-23-35-58)76(92)84-48-62(45-65(84)74(90)81-68(56-30-18-9-19-31-56)57-32-20-10-21-33-57)79-72(88)60-42-38-52(39-43-60)51-36-40-59(41-37-51)71(87)78-61-44-64(73(89)80-67(54-26-14-7-15-27-54)55-28-16-8-17-29-55)83(47-61)75(91)63(46-66(85)50(3)77-4)53-24-12-6-13-25-53/h7-10,14-21,26-33,36-43,49-50,53,58,61-65,67-69,77H,5-6,11-13,22-25,34-35,44-48H2,1-4H3,(H,78,87)(H,79,88)(H,80,89)(H,81,90)(H,82,86)/t49-,50+,61+,62+,63+,64+,65+,69+/m1/s1. The zero-order chi connectivity index (χ0) is 64.7. The molecular formula is C76H90N8O8. The van der Waals surface area contributed by atoms with Crippen molar-refractivity contribution in [3.8, 4) is 11.1 Å². The minimum atomic E-state index is -0.945. The number of likely N-dealkylation sites (tertiary alicyclic amines) is 2. The van der Waals surface area contributed by atoms with E-state index in [1.165, 1.54) is 0 Å². The minimum Gasteiger partial charge on any atom is -0.347 e. The van der Waals surface area contributed by atoms with Crippen LogP contribution in [0.15, 0.2) is 170 Å². The van der Waals surface area contributed by atoms with Gasteiger partial charge in [0.1, 0.15) is 23.9 Å². The maximum atomic E-state index is 15.1. The molecule has 4 fully saturated rings. The normalized spacial score (nSPS) is 19.9. The number of nitrogens with zero attached hydrogens (tertiary/aromatic N) is 2. The topological polar surface area (TPSA) is 215 Å². The second-order valence-electron chi connectivity index (χ2n) is 25.9. The summed E-state index contributed by atoms with van der Waals surface area (Å²) in [5.74, 6) is -3.26. The van der Waals surface area contributed by atoms with Crippen molar-refractivity contribution in [1.82, 2.24) is 41.7 Å². The molecule has 0 spiro atoms. The Kier molecular flexibility index (Phi) is 22.7. The van der Waals surface area contributed by atoms with E-state index in [0.29, 0.717) is 17.5 Å². The van der Waals surface area contributed by atoms with Crippen LogP contribution >= 0.6 is 0 Å². The number of nitrogens with one attached hydrogen (secondary N) is 6. The Labute approximate surface area is 541 Å². The molecule has 2 aliphatic heterocycles. The first-order valence-electron chi connectivity index (χ1n) is 33.4. The Bertz CT molecular complexity index is 3160. The number of hydrogen-bond donors (Lipinski definition) is 6. The largest absolute Gasteiger partial charge is 0.347 e. The summed E-state index contributed by atoms with van der Waals surface area (Å²) < 4.78 is 0. The average Bonchev–Trinajstić information content (AvgIpc) is 1.65. The molecule has 6 N–H and O–H groups in total. The lowest BCUT2D eigenvalue weighted by molar-refractivity contribution is -0.145. The van der Waals surface area contributed by atoms with Crippen molar-refractivity contribution in [3.63, 3.8) is 0 Å². The third kappa shape index (κ3) is 16.3. The predicted octanol–water partition coefficient (Wildman–Crippen LogP) is 10.4. The maximum absolute atomic E-state index is 15.1. The van der Waals surface area contributed by atoms with Crippen LogP contribution in [0.5, 0.6) is 0 Å². The second-order valence-corrected chi connectivity index (χ2v) is 25.9. The number of hydrogen-bond acceptors (Lipinski definition) is 9. The van der Waals surface area contributed by atoms with Crippen LogP contribution in [0.4, 0.5) is 0 Å². The number of carbonyl (C=O) groups excluding carboxylic acids is 8. The number of benzene rings is 6. The van der Waals surface area contributed by atoms with Crippen molar-refractivity contribution in [1.29, 1.82) is 0 Å². The molecule has 2 aliphatic carbocycles. The molecule has 16 heteroatoms. The summed E-state index contributed by atoms with van der Waals surface area (Å²) >= 11 is 0. The number of ketones is 1. The lowest BCUT2D eigenvalue weighted by atomic mass is 9.76. The fourth-order valence-corrected chi connectivity index (χ4v) is 14.1. The Morgan fingerprint density at radius 2 is 0.848 bits per heavy atom. The second kappa shape index (κ2) is 31.5. The quantitative estimate of drug-likeness (QED) is 0.0339. The van der Waals surface area contributed by atoms with E-state index in [1.54, 1.807) is 48.0 Å². The summed E-state index contributed by atoms with van der Waals surface area (Å²) in [7, 11) is 1.73. The maximum Gasteiger partial charge on any atom is 0.251 e. The lowest BCUT2D eigenvalue weighted by Gasteiger charge is -2.35. The highest BCUT2D eigenvalue weighted by Gasteiger charge is 2.47. The van der Waals surface area contributed by atoms with Gasteiger partial charge in [0.2, 0.25) is 29.5 Å². The first-order chi connectivity index (χ1) is 44.7. The number of Topliss-reactive ketones (excluding diaryl/α,β-unsaturated/α-hetero) is 1. The molecular weight excluding hydrogens is 1150 g/mol. The van der Waals surface area contributed by atoms with Crippen molar-refractivity contribution in [2.24, 2.45) is 23.7 Å². The lowest BCUT2D eigenvalue weighted by Crippen LogP contribution is -2.57. The van der Waals surface area contributed by atoms with Crippen molar-refractivity contribution in [3.05, 3.63) is 203 Å². The van der Waals surface area contributed by atoms with Crippen LogP contribution in [0.1, 0.15) is 166 Å². The summed E-state index contributed by atoms with van der Waals surface area (Å²) in [5, 5.41) is 19.0. The Balaban J connectivity index is 0.833. The van der Waals surface area contributed by atoms with Gasteiger partial charge in [-0.2, -0.15) is 0 Å². The third-order valence-electron chi connectivity index (χ3n) is 19.8. The molecule has 0 aromatic heterocycles. The molecule has 6 aromatic rings. The summed E-state index contributed by atoms with van der Waals surface area (Å²) in [4.78, 5) is 119. The van der Waals surface area contributed by atoms with Crippen LogP contribution in [-0.2, 0) is 28.8 Å². The van der Waals surface area contributed by atoms with E-state index in [4.69, 9.17) is 0 Å². The molecule has 482 valence electrons. The van der Waals surface area contributed by atoms with E-state index in [0.717, 1.165) is 97.6 Å². The summed E-state index contributed by atoms with van der Waals surface area (Å²) in [6.07, 6.45) is 10.2. The molecule has 10 rings (SSSR count). The Hall–Kier alpha value is -8.76. The van der Waals surface area contributed by atoms with Gasteiger partial charge in [-0.1, -0.05) is 198 Å². The molecule has 7 amide bonds. The Morgan fingerprint density at radius 3 is 1.23 bits per heavy atom. The van der Waals surface area contributed by atoms with E-state index in [2.05, 4.69) is 31.9 Å². The van der Waals surface area contributed by atoms with Crippen LogP contribution in [-0.4, -0.2) is 113 Å². The van der Waals surface area contributed by atoms with E-state index in [-0.39, 0.29) is 97.2 Å². The SMILES string of the molecule is CC[C@@H](C)C(=O)N[C@H](C(=O)N1C[C@@H](NC(=O)c2ccc(-c3ccc(C(=O)N[C@H]4C[C@@H](C(=O)NC(c5ccccc5)c5ccccc5)N(C(=O)[C@@H](CC(=O)[C@H](C)NC)C5CCCCC5)C4)cc3)cc2)C[C@H]1C(=O)NC(c1ccccc1)c1ccccc1)C1CCCCC1. The van der Waals surface area contributed by atoms with E-state index < -0.39 is 54.3 Å². The van der Waals surface area contributed by atoms with Crippen LogP contribution in [0, 0.1) is 23.7 Å². The van der Waals surface area contributed by atoms with Gasteiger partial charge in [0.25, 0.3) is 11.8 Å². The molecule has 4 aliphatic rings. The fraction of sp³-hybridized carbons (Fsp3) is 0.421. The van der Waals surface area contributed by atoms with Gasteiger partial charge in [0.15, 0.2) is 0 Å². The molecule has 92 heavy (non-hydrogen) atoms. The molecule has 0 bridgehead atoms. The fourth-order valence-electron chi connectivity index (χ4n) is 14.1. The van der Waals surface area contributed by atoms with Gasteiger partial charge in [0.05, 0.1) is 18.1 Å². The van der Waals surface area contributed by atoms with Gasteiger partial charge in [-0.05, 0) is 128 Å². The van der Waals surface area contributed by atoms with Crippen molar-refractivity contribution >= 4 is 47.1 Å². The molecule has 6 aromatic carbocycles. The van der Waals surface area contributed by atoms with Crippen molar-refractivity contribution < 1.29 is 38.4 Å². The van der Waals surface area contributed by atoms with Crippen molar-refractivity contribution in [2.45, 2.75) is 159 Å². The molecule has 16 nitrogen and oxygen atoms in total. The van der Waals surface area contributed by atoms with Crippen LogP contribution in [0.25, 0.3) is 11.1 Å². The summed E-state index contributed by atoms with van der Waals surface area (Å²) in [6, 6.07) is 47.6. The number of likely N-dealkylation sites (N-methyl/N-ethyl adjacent to an activating group) is 1. The minimum absolute atomic E-state index is 0.00700. The average molecular weight is 1240 g/mol. The smallest absolute Gasteiger partial charge is 0.251 e. The number of rotatable bonds is 24. The van der Waals surface area contributed by atoms with Gasteiger partial charge < -0.3 is 41.7 Å². The molecule has 0 radical (unpaired) electrons. The molecule has 0 unspecified atom stereocenters. The van der Waals surface area contributed by atoms with Crippen LogP contribution in [0.3, 0.4) is 0 Å². The predicted molar refractivity (Wildman–Crippen MR) is 357 cm³/mol. The van der Waals surface area contributed by atoms with E-state index >= 15 is 9.59 Å². The van der Waals surface area contributed by atoms with E-state index in [9.17, 15) is 28.8 Å². The van der Waals surface area contributed by atoms with Gasteiger partial charge in [-0.3, -0.25) is 38.4 Å². The molecule has 8 atom stereocenters. The highest BCUT2D eigenvalue weighted by atomic mass is 16.2. The van der Waals surface area contributed by atoms with E-state index in [1.807, 2.05) is 159 Å². The highest BCUT2D eigenvalue weighted by molar-refractivity contribution is 5.98. The van der Waals surface area contributed by atoms with Gasteiger partial charge in [0, 0.05) is 54.6 Å². The van der Waals surface area contributed by atoms with Crippen LogP contribution in [0.2, 0.25) is 0 Å². The Morgan fingerprint density at radius 1 is 0.467 bits per heavy atom. The van der Waals surface area contributed by atoms with Crippen molar-refractivity contribution in [2.75, 3.05) is 20.1 Å². The highest BCUT2D eigenvalue weighted by Crippen LogP contribution is 2.37. The summed E-state index contributed by atoms with van der Waals surface area (Å²) in [5.41, 5.74) is 5.85. The number of amides is 7. The first-order valence-corrected chi connectivity index (χ1v) is 33.4. The zero-order valence-electron chi connectivity index (χ0n) is 53.6. The number of carbonyl (C=O) groups is 8. The third-order valence-corrected chi connectivity index (χ3v) is 19.8. The van der Waals surface area contributed by atoms with Crippen LogP contribution < -0.4 is 31.9 Å². The van der Waals surface area contributed by atoms with Gasteiger partial charge in [-0.15, -0.1) is 0 Å². The van der Waals surface area contributed by atoms with Gasteiger partial charge >= 0.3 is 0 Å². The summed E-state index contributed by atoms with van der Waals surface area (Å²) in [6.45, 7) is 5.76. The zero-order valence-corrected chi connectivity index (χ0v) is 53.6. The monoisotopic (exact) mass is 1240 g/mol. The first kappa shape index (κ1) is 66.2. The molecule has 2 heterocycles.